The van der Waals surface area contributed by atoms with E-state index in [4.69, 9.17) is 0 Å². The Kier molecular flexibility index (Phi) is 1.76. The molecule has 0 aliphatic heterocycles. The summed E-state index contributed by atoms with van der Waals surface area (Å²) in [5, 5.41) is 0. The molecule has 0 aromatic rings. The lowest BCUT2D eigenvalue weighted by Gasteiger charge is -2.21. The molecule has 2 unspecified atom stereocenters. The highest BCUT2D eigenvalue weighted by molar-refractivity contribution is 5.05. The second-order valence-corrected chi connectivity index (χ2v) is 5.93. The number of hydrogen-bond acceptors (Lipinski definition) is 0. The quantitative estimate of drug-likeness (QED) is 0.612. The third kappa shape index (κ3) is 1.33. The summed E-state index contributed by atoms with van der Waals surface area (Å²) in [7, 11) is 0. The van der Waals surface area contributed by atoms with Crippen molar-refractivity contribution in [2.24, 2.45) is 23.2 Å². The third-order valence-electron chi connectivity index (χ3n) is 5.19. The topological polar surface area (TPSA) is 0 Å². The highest BCUT2D eigenvalue weighted by Gasteiger charge is 2.55. The van der Waals surface area contributed by atoms with E-state index < -0.39 is 0 Å². The van der Waals surface area contributed by atoms with Crippen LogP contribution in [0.15, 0.2) is 0 Å². The van der Waals surface area contributed by atoms with Crippen molar-refractivity contribution in [3.05, 3.63) is 0 Å². The Bertz CT molecular complexity index is 198. The van der Waals surface area contributed by atoms with E-state index in [-0.39, 0.29) is 0 Å². The van der Waals surface area contributed by atoms with Crippen LogP contribution in [0.3, 0.4) is 0 Å². The van der Waals surface area contributed by atoms with Gasteiger partial charge in [0.15, 0.2) is 0 Å². The van der Waals surface area contributed by atoms with Crippen molar-refractivity contribution in [2.75, 3.05) is 0 Å². The molecule has 3 aliphatic rings. The minimum absolute atomic E-state index is 0.884. The Morgan fingerprint density at radius 2 is 1.77 bits per heavy atom. The average molecular weight is 178 g/mol. The van der Waals surface area contributed by atoms with Gasteiger partial charge in [-0.1, -0.05) is 26.2 Å². The van der Waals surface area contributed by atoms with Crippen molar-refractivity contribution in [3.8, 4) is 0 Å². The molecular weight excluding hydrogens is 156 g/mol. The highest BCUT2D eigenvalue weighted by atomic mass is 14.6. The Morgan fingerprint density at radius 1 is 1.00 bits per heavy atom. The molecule has 2 atom stereocenters. The van der Waals surface area contributed by atoms with Gasteiger partial charge in [-0.05, 0) is 55.3 Å². The van der Waals surface area contributed by atoms with Gasteiger partial charge in [-0.15, -0.1) is 0 Å². The molecule has 3 saturated carbocycles. The van der Waals surface area contributed by atoms with Crippen molar-refractivity contribution in [1.29, 1.82) is 0 Å². The Morgan fingerprint density at radius 3 is 2.38 bits per heavy atom. The van der Waals surface area contributed by atoms with Crippen LogP contribution in [-0.2, 0) is 0 Å². The van der Waals surface area contributed by atoms with Crippen LogP contribution in [0, 0.1) is 23.2 Å². The van der Waals surface area contributed by atoms with Gasteiger partial charge in [-0.2, -0.15) is 0 Å². The van der Waals surface area contributed by atoms with Crippen LogP contribution in [0.2, 0.25) is 0 Å². The summed E-state index contributed by atoms with van der Waals surface area (Å²) >= 11 is 0. The van der Waals surface area contributed by atoms with Gasteiger partial charge in [0.25, 0.3) is 0 Å². The van der Waals surface area contributed by atoms with Crippen molar-refractivity contribution in [1.82, 2.24) is 0 Å². The van der Waals surface area contributed by atoms with Crippen LogP contribution in [0.4, 0.5) is 0 Å². The van der Waals surface area contributed by atoms with Gasteiger partial charge in [0.2, 0.25) is 0 Å². The molecule has 0 heterocycles. The minimum Gasteiger partial charge on any atom is -0.0620 e. The minimum atomic E-state index is 0.884. The summed E-state index contributed by atoms with van der Waals surface area (Å²) in [6.45, 7) is 2.50. The molecule has 1 spiro atoms. The maximum atomic E-state index is 2.50. The zero-order valence-corrected chi connectivity index (χ0v) is 8.89. The first kappa shape index (κ1) is 8.32. The molecule has 0 radical (unpaired) electrons. The molecule has 0 nitrogen and oxygen atoms in total. The fraction of sp³-hybridized carbons (Fsp3) is 1.00. The molecule has 13 heavy (non-hydrogen) atoms. The van der Waals surface area contributed by atoms with E-state index in [0.717, 1.165) is 23.2 Å². The predicted octanol–water partition coefficient (Wildman–Crippen LogP) is 4.00. The largest absolute Gasteiger partial charge is 0.0620 e. The lowest BCUT2D eigenvalue weighted by Crippen LogP contribution is -2.14. The summed E-state index contributed by atoms with van der Waals surface area (Å²) in [4.78, 5) is 0. The molecule has 0 amide bonds. The van der Waals surface area contributed by atoms with E-state index in [9.17, 15) is 0 Å². The molecule has 0 heteroatoms. The monoisotopic (exact) mass is 178 g/mol. The molecule has 0 aromatic carbocycles. The summed E-state index contributed by atoms with van der Waals surface area (Å²) in [5.74, 6) is 3.37. The van der Waals surface area contributed by atoms with Crippen molar-refractivity contribution in [3.63, 3.8) is 0 Å². The predicted molar refractivity (Wildman–Crippen MR) is 55.5 cm³/mol. The highest BCUT2D eigenvalue weighted by Crippen LogP contribution is 2.65. The van der Waals surface area contributed by atoms with Gasteiger partial charge in [0.05, 0.1) is 0 Å². The fourth-order valence-electron chi connectivity index (χ4n) is 3.75. The maximum absolute atomic E-state index is 2.50. The molecule has 74 valence electrons. The Labute approximate surface area is 82.1 Å². The first-order valence-electron chi connectivity index (χ1n) is 6.31. The Balaban J connectivity index is 1.57. The standard InChI is InChI=1S/C13H22/c1-10-2-6-12(13(10)8-9-13)7-5-11-3-4-11/h10-12H,2-9H2,1H3. The first-order chi connectivity index (χ1) is 6.31. The molecule has 3 fully saturated rings. The van der Waals surface area contributed by atoms with Crippen LogP contribution < -0.4 is 0 Å². The van der Waals surface area contributed by atoms with Gasteiger partial charge in [0, 0.05) is 0 Å². The number of hydrogen-bond donors (Lipinski definition) is 0. The average Bonchev–Trinajstić information content (AvgIpc) is 2.97. The van der Waals surface area contributed by atoms with E-state index in [1.807, 2.05) is 0 Å². The van der Waals surface area contributed by atoms with E-state index in [0.29, 0.717) is 0 Å². The molecule has 0 saturated heterocycles. The molecule has 3 rings (SSSR count). The summed E-state index contributed by atoms with van der Waals surface area (Å²) in [6, 6.07) is 0. The van der Waals surface area contributed by atoms with Crippen LogP contribution in [0.5, 0.6) is 0 Å². The van der Waals surface area contributed by atoms with Gasteiger partial charge in [-0.3, -0.25) is 0 Å². The van der Waals surface area contributed by atoms with Crippen LogP contribution in [0.25, 0.3) is 0 Å². The zero-order chi connectivity index (χ0) is 8.89. The van der Waals surface area contributed by atoms with Gasteiger partial charge >= 0.3 is 0 Å². The van der Waals surface area contributed by atoms with Crippen LogP contribution >= 0.6 is 0 Å². The van der Waals surface area contributed by atoms with E-state index >= 15 is 0 Å². The van der Waals surface area contributed by atoms with Gasteiger partial charge in [-0.25, -0.2) is 0 Å². The lowest BCUT2D eigenvalue weighted by molar-refractivity contribution is 0.276. The van der Waals surface area contributed by atoms with Crippen LogP contribution in [0.1, 0.15) is 58.3 Å². The molecule has 0 bridgehead atoms. The summed E-state index contributed by atoms with van der Waals surface area (Å²) < 4.78 is 0. The zero-order valence-electron chi connectivity index (χ0n) is 8.89. The smallest absolute Gasteiger partial charge is 0.0243 e. The molecular formula is C13H22. The van der Waals surface area contributed by atoms with Crippen LogP contribution in [-0.4, -0.2) is 0 Å². The second kappa shape index (κ2) is 2.74. The van der Waals surface area contributed by atoms with Gasteiger partial charge < -0.3 is 0 Å². The molecule has 3 aliphatic carbocycles. The molecule has 0 N–H and O–H groups in total. The van der Waals surface area contributed by atoms with Gasteiger partial charge in [0.1, 0.15) is 0 Å². The Hall–Kier alpha value is 0. The van der Waals surface area contributed by atoms with E-state index in [1.165, 1.54) is 6.42 Å². The summed E-state index contributed by atoms with van der Waals surface area (Å²) in [5.41, 5.74) is 0.884. The SMILES string of the molecule is CC1CCC(CCC2CC2)C12CC2. The van der Waals surface area contributed by atoms with Crippen molar-refractivity contribution in [2.45, 2.75) is 58.3 Å². The third-order valence-corrected chi connectivity index (χ3v) is 5.19. The summed E-state index contributed by atoms with van der Waals surface area (Å²) in [6.07, 6.45) is 12.5. The first-order valence-corrected chi connectivity index (χ1v) is 6.31. The lowest BCUT2D eigenvalue weighted by atomic mass is 9.83. The van der Waals surface area contributed by atoms with Crippen molar-refractivity contribution >= 4 is 0 Å². The second-order valence-electron chi connectivity index (χ2n) is 5.93. The van der Waals surface area contributed by atoms with E-state index in [2.05, 4.69) is 6.92 Å². The maximum Gasteiger partial charge on any atom is -0.0243 e. The fourth-order valence-corrected chi connectivity index (χ4v) is 3.75. The molecule has 0 aromatic heterocycles. The van der Waals surface area contributed by atoms with E-state index in [1.54, 1.807) is 44.9 Å². The normalized spacial score (nSPS) is 41.3. The number of rotatable bonds is 3. The van der Waals surface area contributed by atoms with Crippen molar-refractivity contribution < 1.29 is 0 Å².